The highest BCUT2D eigenvalue weighted by atomic mass is 16.5. The molecule has 1 amide bonds. The van der Waals surface area contributed by atoms with Crippen LogP contribution in [-0.2, 0) is 5.41 Å². The maximum absolute atomic E-state index is 13.4. The van der Waals surface area contributed by atoms with Crippen molar-refractivity contribution in [2.24, 2.45) is 21.5 Å². The number of likely N-dealkylation sites (N-methyl/N-ethyl adjacent to an activating group) is 1. The third-order valence-electron chi connectivity index (χ3n) is 7.48. The average Bonchev–Trinajstić information content (AvgIpc) is 3.23. The highest BCUT2D eigenvalue weighted by Gasteiger charge is 2.73. The summed E-state index contributed by atoms with van der Waals surface area (Å²) in [6, 6.07) is 3.09. The molecule has 1 fully saturated rings. The van der Waals surface area contributed by atoms with Crippen molar-refractivity contribution in [1.82, 2.24) is 20.9 Å². The smallest absolute Gasteiger partial charge is 0.255 e. The van der Waals surface area contributed by atoms with Crippen molar-refractivity contribution in [3.8, 4) is 5.75 Å². The Morgan fingerprint density at radius 1 is 1.32 bits per heavy atom. The topological polar surface area (TPSA) is 183 Å². The van der Waals surface area contributed by atoms with Gasteiger partial charge in [-0.1, -0.05) is 26.0 Å². The van der Waals surface area contributed by atoms with Gasteiger partial charge in [0.25, 0.3) is 5.91 Å². The molecular weight excluding hydrogens is 440 g/mol. The highest BCUT2D eigenvalue weighted by Crippen LogP contribution is 2.45. The van der Waals surface area contributed by atoms with Gasteiger partial charge in [-0.3, -0.25) is 4.79 Å². The van der Waals surface area contributed by atoms with Crippen LogP contribution < -0.4 is 32.2 Å². The number of fused-ring (bicyclic) bond motifs is 1. The summed E-state index contributed by atoms with van der Waals surface area (Å²) < 4.78 is 5.87. The van der Waals surface area contributed by atoms with E-state index in [1.54, 1.807) is 13.1 Å². The number of nitrogens with one attached hydrogen (secondary N) is 3. The van der Waals surface area contributed by atoms with Gasteiger partial charge in [-0.15, -0.1) is 0 Å². The third kappa shape index (κ3) is 2.98. The normalized spacial score (nSPS) is 32.4. The van der Waals surface area contributed by atoms with Crippen LogP contribution in [0.5, 0.6) is 5.75 Å². The Bertz CT molecular complexity index is 1090. The molecule has 0 radical (unpaired) electrons. The predicted octanol–water partition coefficient (Wildman–Crippen LogP) is -2.26. The zero-order chi connectivity index (χ0) is 24.5. The average molecular weight is 473 g/mol. The van der Waals surface area contributed by atoms with Crippen LogP contribution >= 0.6 is 0 Å². The molecule has 1 spiro atoms. The zero-order valence-electron chi connectivity index (χ0n) is 19.5. The molecule has 4 aliphatic rings. The van der Waals surface area contributed by atoms with Gasteiger partial charge in [0.2, 0.25) is 5.79 Å². The molecule has 9 N–H and O–H groups in total. The molecule has 4 heterocycles. The van der Waals surface area contributed by atoms with Gasteiger partial charge in [0, 0.05) is 18.7 Å². The molecule has 4 atom stereocenters. The van der Waals surface area contributed by atoms with E-state index in [9.17, 15) is 15.0 Å². The molecule has 4 aliphatic heterocycles. The Morgan fingerprint density at radius 3 is 2.82 bits per heavy atom. The number of benzene rings is 1. The number of amides is 1. The summed E-state index contributed by atoms with van der Waals surface area (Å²) in [7, 11) is 1.76. The summed E-state index contributed by atoms with van der Waals surface area (Å²) in [6.45, 7) is 5.10. The van der Waals surface area contributed by atoms with E-state index in [1.807, 2.05) is 12.1 Å². The standard InChI is InChI=1S/C22H32N8O4/c1-20(2)7-8-34-15-11(5-4-6-12(15)20)17(31)27-14-10-30-19(24)26-13(9-25-3)16-21(30,22(14,32)33)29-18(23)28-16/h4-6,13-14,16,25,32-33H,7-10H2,1-3H3,(H2,24,26)(H,27,31)(H3,23,28,29)/t13-,14?,16-,21-/m0/s1. The number of aliphatic imine (C=N–C) groups is 2. The third-order valence-corrected chi connectivity index (χ3v) is 7.48. The first-order valence-corrected chi connectivity index (χ1v) is 11.4. The van der Waals surface area contributed by atoms with Gasteiger partial charge in [0.15, 0.2) is 17.6 Å². The van der Waals surface area contributed by atoms with Gasteiger partial charge in [-0.2, -0.15) is 0 Å². The molecule has 1 saturated heterocycles. The molecule has 0 bridgehead atoms. The van der Waals surface area contributed by atoms with E-state index in [4.69, 9.17) is 16.2 Å². The number of rotatable bonds is 4. The summed E-state index contributed by atoms with van der Waals surface area (Å²) in [4.78, 5) is 23.8. The molecular formula is C22H32N8O4. The minimum absolute atomic E-state index is 0.00593. The first-order valence-electron chi connectivity index (χ1n) is 11.4. The Hall–Kier alpha value is -3.09. The minimum Gasteiger partial charge on any atom is -0.492 e. The summed E-state index contributed by atoms with van der Waals surface area (Å²) in [5.41, 5.74) is 11.8. The number of guanidine groups is 2. The summed E-state index contributed by atoms with van der Waals surface area (Å²) in [6.07, 6.45) is 0.836. The van der Waals surface area contributed by atoms with Gasteiger partial charge in [0.1, 0.15) is 17.8 Å². The van der Waals surface area contributed by atoms with Gasteiger partial charge in [0.05, 0.1) is 18.2 Å². The number of hydrogen-bond acceptors (Lipinski definition) is 11. The fourth-order valence-electron chi connectivity index (χ4n) is 5.64. The van der Waals surface area contributed by atoms with Gasteiger partial charge in [-0.25, -0.2) is 9.98 Å². The molecule has 12 nitrogen and oxygen atoms in total. The van der Waals surface area contributed by atoms with Crippen molar-refractivity contribution in [3.05, 3.63) is 29.3 Å². The quantitative estimate of drug-likeness (QED) is 0.238. The van der Waals surface area contributed by atoms with Crippen LogP contribution in [0.25, 0.3) is 0 Å². The van der Waals surface area contributed by atoms with Crippen molar-refractivity contribution < 1.29 is 19.7 Å². The van der Waals surface area contributed by atoms with E-state index in [1.165, 1.54) is 4.90 Å². The molecule has 0 aliphatic carbocycles. The second-order valence-electron chi connectivity index (χ2n) is 9.99. The Balaban J connectivity index is 1.48. The fourth-order valence-corrected chi connectivity index (χ4v) is 5.64. The number of nitrogens with two attached hydrogens (primary N) is 2. The highest BCUT2D eigenvalue weighted by molar-refractivity contribution is 5.98. The Kier molecular flexibility index (Phi) is 4.97. The minimum atomic E-state index is -2.47. The number of ether oxygens (including phenoxy) is 1. The van der Waals surface area contributed by atoms with Crippen LogP contribution in [0.1, 0.15) is 36.2 Å². The van der Waals surface area contributed by atoms with Crippen molar-refractivity contribution >= 4 is 17.8 Å². The summed E-state index contributed by atoms with van der Waals surface area (Å²) in [5.74, 6) is -2.27. The van der Waals surface area contributed by atoms with Crippen LogP contribution in [0.4, 0.5) is 0 Å². The first kappa shape index (κ1) is 22.7. The molecule has 12 heteroatoms. The molecule has 184 valence electrons. The lowest BCUT2D eigenvalue weighted by molar-refractivity contribution is -0.230. The van der Waals surface area contributed by atoms with Gasteiger partial charge < -0.3 is 47.3 Å². The summed E-state index contributed by atoms with van der Waals surface area (Å²) >= 11 is 0. The van der Waals surface area contributed by atoms with Crippen molar-refractivity contribution in [3.63, 3.8) is 0 Å². The SMILES string of the molecule is CNC[C@@H]1N=C(N)N2CC(NC(=O)c3cccc4c3OCCC4(C)C)C(O)(O)[C@@]23NC(N)=N[C@@H]13. The van der Waals surface area contributed by atoms with Crippen LogP contribution in [0, 0.1) is 0 Å². The molecule has 5 rings (SSSR count). The van der Waals surface area contributed by atoms with E-state index < -0.39 is 35.5 Å². The van der Waals surface area contributed by atoms with E-state index >= 15 is 0 Å². The van der Waals surface area contributed by atoms with E-state index in [2.05, 4.69) is 39.8 Å². The number of para-hydroxylation sites is 1. The van der Waals surface area contributed by atoms with Crippen LogP contribution in [-0.4, -0.2) is 89.3 Å². The fraction of sp³-hybridized carbons (Fsp3) is 0.591. The Morgan fingerprint density at radius 2 is 2.09 bits per heavy atom. The number of nitrogens with zero attached hydrogens (tertiary/aromatic N) is 3. The monoisotopic (exact) mass is 472 g/mol. The van der Waals surface area contributed by atoms with Crippen molar-refractivity contribution in [1.29, 1.82) is 0 Å². The van der Waals surface area contributed by atoms with Crippen LogP contribution in [0.15, 0.2) is 28.2 Å². The van der Waals surface area contributed by atoms with Crippen molar-refractivity contribution in [2.45, 2.75) is 55.3 Å². The van der Waals surface area contributed by atoms with Gasteiger partial charge >= 0.3 is 0 Å². The summed E-state index contributed by atoms with van der Waals surface area (Å²) in [5, 5.41) is 31.7. The first-order chi connectivity index (χ1) is 16.0. The number of aliphatic hydroxyl groups is 2. The Labute approximate surface area is 197 Å². The van der Waals surface area contributed by atoms with Crippen molar-refractivity contribution in [2.75, 3.05) is 26.7 Å². The lowest BCUT2D eigenvalue weighted by Crippen LogP contribution is -2.78. The number of carbonyl (C=O) groups is 1. The lowest BCUT2D eigenvalue weighted by Gasteiger charge is -2.49. The van der Waals surface area contributed by atoms with Gasteiger partial charge in [-0.05, 0) is 24.9 Å². The molecule has 0 aromatic heterocycles. The number of carbonyl (C=O) groups excluding carboxylic acids is 1. The molecule has 34 heavy (non-hydrogen) atoms. The lowest BCUT2D eigenvalue weighted by atomic mass is 9.79. The molecule has 1 aromatic rings. The molecule has 1 unspecified atom stereocenters. The second kappa shape index (κ2) is 7.45. The number of hydrogen-bond donors (Lipinski definition) is 7. The molecule has 0 saturated carbocycles. The molecule has 1 aromatic carbocycles. The van der Waals surface area contributed by atoms with Crippen LogP contribution in [0.3, 0.4) is 0 Å². The largest absolute Gasteiger partial charge is 0.492 e. The van der Waals surface area contributed by atoms with E-state index in [0.717, 1.165) is 12.0 Å². The predicted molar refractivity (Wildman–Crippen MR) is 125 cm³/mol. The van der Waals surface area contributed by atoms with Crippen LogP contribution in [0.2, 0.25) is 0 Å². The zero-order valence-corrected chi connectivity index (χ0v) is 19.5. The maximum atomic E-state index is 13.4. The van der Waals surface area contributed by atoms with E-state index in [-0.39, 0.29) is 23.9 Å². The van der Waals surface area contributed by atoms with E-state index in [0.29, 0.717) is 24.5 Å². The second-order valence-corrected chi connectivity index (χ2v) is 9.99. The maximum Gasteiger partial charge on any atom is 0.255 e.